The van der Waals surface area contributed by atoms with Crippen molar-refractivity contribution in [3.63, 3.8) is 0 Å². The molecule has 1 aliphatic heterocycles. The smallest absolute Gasteiger partial charge is 0.326 e. The molecule has 0 aromatic heterocycles. The Kier molecular flexibility index (Phi) is 5.26. The summed E-state index contributed by atoms with van der Waals surface area (Å²) in [6, 6.07) is -0.850. The third kappa shape index (κ3) is 3.64. The fourth-order valence-corrected chi connectivity index (χ4v) is 3.45. The van der Waals surface area contributed by atoms with Crippen molar-refractivity contribution in [3.05, 3.63) is 0 Å². The Labute approximate surface area is 120 Å². The first-order valence-corrected chi connectivity index (χ1v) is 7.87. The fourth-order valence-electron chi connectivity index (χ4n) is 3.45. The van der Waals surface area contributed by atoms with Gasteiger partial charge < -0.3 is 15.3 Å². The van der Waals surface area contributed by atoms with Crippen LogP contribution in [0.2, 0.25) is 0 Å². The molecule has 1 saturated carbocycles. The van der Waals surface area contributed by atoms with E-state index < -0.39 is 12.0 Å². The van der Waals surface area contributed by atoms with Crippen LogP contribution in [0.25, 0.3) is 0 Å². The summed E-state index contributed by atoms with van der Waals surface area (Å²) in [5, 5.41) is 12.2. The number of nitrogens with zero attached hydrogens (tertiary/aromatic N) is 1. The first kappa shape index (κ1) is 15.1. The number of nitrogens with one attached hydrogen (secondary N) is 1. The summed E-state index contributed by atoms with van der Waals surface area (Å²) in [5.74, 6) is 0.334. The fraction of sp³-hybridized carbons (Fsp3) is 0.867. The molecule has 5 nitrogen and oxygen atoms in total. The van der Waals surface area contributed by atoms with Gasteiger partial charge in [-0.2, -0.15) is 0 Å². The zero-order chi connectivity index (χ0) is 14.5. The number of carboxylic acids is 1. The van der Waals surface area contributed by atoms with Crippen molar-refractivity contribution in [1.29, 1.82) is 0 Å². The molecule has 1 heterocycles. The van der Waals surface area contributed by atoms with Crippen molar-refractivity contribution in [1.82, 2.24) is 10.2 Å². The van der Waals surface area contributed by atoms with Crippen LogP contribution in [0, 0.1) is 11.8 Å². The van der Waals surface area contributed by atoms with Gasteiger partial charge in [0.25, 0.3) is 0 Å². The van der Waals surface area contributed by atoms with E-state index in [1.807, 2.05) is 0 Å². The lowest BCUT2D eigenvalue weighted by Gasteiger charge is -2.28. The van der Waals surface area contributed by atoms with Crippen LogP contribution in [0.1, 0.15) is 51.9 Å². The molecule has 20 heavy (non-hydrogen) atoms. The molecule has 3 atom stereocenters. The van der Waals surface area contributed by atoms with Gasteiger partial charge in [0.05, 0.1) is 0 Å². The highest BCUT2D eigenvalue weighted by atomic mass is 16.4. The van der Waals surface area contributed by atoms with Crippen molar-refractivity contribution in [2.75, 3.05) is 13.1 Å². The first-order chi connectivity index (χ1) is 9.59. The van der Waals surface area contributed by atoms with Crippen LogP contribution in [-0.2, 0) is 4.79 Å². The maximum atomic E-state index is 12.3. The molecule has 2 fully saturated rings. The molecule has 2 amide bonds. The highest BCUT2D eigenvalue weighted by Crippen LogP contribution is 2.30. The monoisotopic (exact) mass is 282 g/mol. The quantitative estimate of drug-likeness (QED) is 0.835. The molecule has 5 heteroatoms. The number of amides is 2. The average molecular weight is 282 g/mol. The lowest BCUT2D eigenvalue weighted by molar-refractivity contribution is -0.142. The molecule has 3 unspecified atom stereocenters. The summed E-state index contributed by atoms with van der Waals surface area (Å²) < 4.78 is 0. The molecule has 2 aliphatic rings. The standard InChI is InChI=1S/C15H26N2O3/c1-11-6-5-7-12(11)10-16-15(20)17-9-4-2-3-8-13(17)14(18)19/h11-13H,2-10H2,1H3,(H,16,20)(H,18,19). The molecule has 0 radical (unpaired) electrons. The van der Waals surface area contributed by atoms with E-state index in [9.17, 15) is 14.7 Å². The molecule has 1 aliphatic carbocycles. The molecule has 2 rings (SSSR count). The number of likely N-dealkylation sites (tertiary alicyclic amines) is 1. The van der Waals surface area contributed by atoms with Gasteiger partial charge in [0.1, 0.15) is 6.04 Å². The Morgan fingerprint density at radius 3 is 2.60 bits per heavy atom. The molecule has 0 aromatic rings. The van der Waals surface area contributed by atoms with Crippen LogP contribution < -0.4 is 5.32 Å². The van der Waals surface area contributed by atoms with Gasteiger partial charge in [0, 0.05) is 13.1 Å². The van der Waals surface area contributed by atoms with Gasteiger partial charge in [0.15, 0.2) is 0 Å². The Morgan fingerprint density at radius 2 is 1.95 bits per heavy atom. The molecule has 0 bridgehead atoms. The second-order valence-electron chi connectivity index (χ2n) is 6.25. The molecule has 0 spiro atoms. The van der Waals surface area contributed by atoms with Crippen molar-refractivity contribution >= 4 is 12.0 Å². The molecule has 1 saturated heterocycles. The van der Waals surface area contributed by atoms with Gasteiger partial charge >= 0.3 is 12.0 Å². The minimum absolute atomic E-state index is 0.196. The minimum atomic E-state index is -0.878. The molecule has 2 N–H and O–H groups in total. The largest absolute Gasteiger partial charge is 0.480 e. The number of urea groups is 1. The number of rotatable bonds is 3. The number of hydrogen-bond donors (Lipinski definition) is 2. The van der Waals surface area contributed by atoms with Crippen molar-refractivity contribution in [3.8, 4) is 0 Å². The Balaban J connectivity index is 1.89. The van der Waals surface area contributed by atoms with E-state index >= 15 is 0 Å². The molecule has 114 valence electrons. The Bertz CT molecular complexity index is 359. The van der Waals surface area contributed by atoms with Crippen molar-refractivity contribution < 1.29 is 14.7 Å². The second-order valence-corrected chi connectivity index (χ2v) is 6.25. The van der Waals surface area contributed by atoms with Crippen LogP contribution in [0.4, 0.5) is 4.79 Å². The normalized spacial score (nSPS) is 30.9. The van der Waals surface area contributed by atoms with E-state index in [0.717, 1.165) is 19.3 Å². The summed E-state index contributed by atoms with van der Waals surface area (Å²) in [4.78, 5) is 25.1. The zero-order valence-electron chi connectivity index (χ0n) is 12.3. The number of aliphatic carboxylic acids is 1. The molecular formula is C15H26N2O3. The van der Waals surface area contributed by atoms with Gasteiger partial charge in [-0.3, -0.25) is 0 Å². The van der Waals surface area contributed by atoms with Crippen LogP contribution in [0.15, 0.2) is 0 Å². The zero-order valence-corrected chi connectivity index (χ0v) is 12.3. The second kappa shape index (κ2) is 6.95. The number of hydrogen-bond acceptors (Lipinski definition) is 2. The van der Waals surface area contributed by atoms with Gasteiger partial charge in [0.2, 0.25) is 0 Å². The minimum Gasteiger partial charge on any atom is -0.480 e. The summed E-state index contributed by atoms with van der Waals surface area (Å²) in [6.45, 7) is 3.47. The van der Waals surface area contributed by atoms with E-state index in [1.165, 1.54) is 24.2 Å². The molecular weight excluding hydrogens is 256 g/mol. The third-order valence-electron chi connectivity index (χ3n) is 4.85. The number of carboxylic acid groups (broad SMARTS) is 1. The maximum Gasteiger partial charge on any atom is 0.326 e. The van der Waals surface area contributed by atoms with Crippen molar-refractivity contribution in [2.45, 2.75) is 57.9 Å². The van der Waals surface area contributed by atoms with Crippen LogP contribution >= 0.6 is 0 Å². The predicted molar refractivity (Wildman–Crippen MR) is 76.5 cm³/mol. The number of carbonyl (C=O) groups excluding carboxylic acids is 1. The topological polar surface area (TPSA) is 69.6 Å². The van der Waals surface area contributed by atoms with Crippen LogP contribution in [0.5, 0.6) is 0 Å². The van der Waals surface area contributed by atoms with E-state index in [4.69, 9.17) is 0 Å². The van der Waals surface area contributed by atoms with Gasteiger partial charge in [-0.25, -0.2) is 9.59 Å². The summed E-state index contributed by atoms with van der Waals surface area (Å²) in [7, 11) is 0. The lowest BCUT2D eigenvalue weighted by atomic mass is 9.98. The molecule has 0 aromatic carbocycles. The highest BCUT2D eigenvalue weighted by Gasteiger charge is 2.31. The third-order valence-corrected chi connectivity index (χ3v) is 4.85. The van der Waals surface area contributed by atoms with E-state index in [-0.39, 0.29) is 6.03 Å². The van der Waals surface area contributed by atoms with E-state index in [2.05, 4.69) is 12.2 Å². The Hall–Kier alpha value is -1.26. The first-order valence-electron chi connectivity index (χ1n) is 7.87. The van der Waals surface area contributed by atoms with E-state index in [1.54, 1.807) is 0 Å². The predicted octanol–water partition coefficient (Wildman–Crippen LogP) is 2.46. The van der Waals surface area contributed by atoms with Gasteiger partial charge in [-0.15, -0.1) is 0 Å². The number of carbonyl (C=O) groups is 2. The lowest BCUT2D eigenvalue weighted by Crippen LogP contribution is -2.50. The van der Waals surface area contributed by atoms with E-state index in [0.29, 0.717) is 31.3 Å². The van der Waals surface area contributed by atoms with Crippen LogP contribution in [-0.4, -0.2) is 41.1 Å². The maximum absolute atomic E-state index is 12.3. The SMILES string of the molecule is CC1CCCC1CNC(=O)N1CCCCCC1C(=O)O. The average Bonchev–Trinajstić information content (AvgIpc) is 2.67. The van der Waals surface area contributed by atoms with Gasteiger partial charge in [-0.05, 0) is 31.1 Å². The van der Waals surface area contributed by atoms with Gasteiger partial charge in [-0.1, -0.05) is 32.6 Å². The van der Waals surface area contributed by atoms with Crippen molar-refractivity contribution in [2.24, 2.45) is 11.8 Å². The summed E-state index contributed by atoms with van der Waals surface area (Å²) >= 11 is 0. The van der Waals surface area contributed by atoms with Crippen LogP contribution in [0.3, 0.4) is 0 Å². The summed E-state index contributed by atoms with van der Waals surface area (Å²) in [5.41, 5.74) is 0. The highest BCUT2D eigenvalue weighted by molar-refractivity contribution is 5.82. The Morgan fingerprint density at radius 1 is 1.15 bits per heavy atom. The summed E-state index contributed by atoms with van der Waals surface area (Å²) in [6.07, 6.45) is 7.02.